The molecule has 3 atom stereocenters. The van der Waals surface area contributed by atoms with Gasteiger partial charge in [0.15, 0.2) is 0 Å². The Bertz CT molecular complexity index is 287. The summed E-state index contributed by atoms with van der Waals surface area (Å²) in [5.74, 6) is 1.85. The van der Waals surface area contributed by atoms with Gasteiger partial charge in [-0.05, 0) is 75.9 Å². The Labute approximate surface area is 126 Å². The van der Waals surface area contributed by atoms with E-state index in [9.17, 15) is 0 Å². The molecule has 0 bridgehead atoms. The zero-order chi connectivity index (χ0) is 14.6. The van der Waals surface area contributed by atoms with Crippen molar-refractivity contribution in [1.29, 1.82) is 0 Å². The lowest BCUT2D eigenvalue weighted by atomic mass is 9.76. The summed E-state index contributed by atoms with van der Waals surface area (Å²) < 4.78 is 0. The highest BCUT2D eigenvalue weighted by Gasteiger charge is 2.31. The maximum absolute atomic E-state index is 3.59. The lowest BCUT2D eigenvalue weighted by molar-refractivity contribution is 0.141. The summed E-state index contributed by atoms with van der Waals surface area (Å²) in [5.41, 5.74) is 0.565. The van der Waals surface area contributed by atoms with E-state index in [1.54, 1.807) is 0 Å². The fraction of sp³-hybridized carbons (Fsp3) is 1.00. The van der Waals surface area contributed by atoms with Crippen LogP contribution in [0.5, 0.6) is 0 Å². The number of nitrogens with zero attached hydrogens (tertiary/aromatic N) is 1. The third-order valence-electron chi connectivity index (χ3n) is 5.96. The quantitative estimate of drug-likeness (QED) is 0.840. The molecule has 0 aromatic rings. The van der Waals surface area contributed by atoms with Crippen LogP contribution >= 0.6 is 0 Å². The number of hydrogen-bond donors (Lipinski definition) is 1. The van der Waals surface area contributed by atoms with E-state index in [2.05, 4.69) is 38.0 Å². The molecule has 2 nitrogen and oxygen atoms in total. The maximum Gasteiger partial charge on any atom is 0.0105 e. The second-order valence-electron chi connectivity index (χ2n) is 8.06. The molecule has 1 aliphatic carbocycles. The summed E-state index contributed by atoms with van der Waals surface area (Å²) >= 11 is 0. The predicted octanol–water partition coefficient (Wildman–Crippen LogP) is 3.91. The molecule has 1 saturated heterocycles. The molecule has 1 heterocycles. The molecule has 0 aromatic heterocycles. The lowest BCUT2D eigenvalue weighted by Gasteiger charge is -2.38. The minimum Gasteiger partial charge on any atom is -0.317 e. The van der Waals surface area contributed by atoms with E-state index in [1.807, 2.05) is 0 Å². The van der Waals surface area contributed by atoms with E-state index in [-0.39, 0.29) is 0 Å². The van der Waals surface area contributed by atoms with Crippen molar-refractivity contribution in [3.05, 3.63) is 0 Å². The summed E-state index contributed by atoms with van der Waals surface area (Å²) in [6.07, 6.45) is 9.82. The van der Waals surface area contributed by atoms with Gasteiger partial charge in [0.05, 0.1) is 0 Å². The van der Waals surface area contributed by atoms with Gasteiger partial charge < -0.3 is 10.2 Å². The average Bonchev–Trinajstić information content (AvgIpc) is 2.60. The first-order chi connectivity index (χ1) is 9.54. The molecule has 2 fully saturated rings. The van der Waals surface area contributed by atoms with Gasteiger partial charge in [-0.15, -0.1) is 0 Å². The largest absolute Gasteiger partial charge is 0.317 e. The van der Waals surface area contributed by atoms with E-state index in [0.29, 0.717) is 5.41 Å². The van der Waals surface area contributed by atoms with Crippen LogP contribution < -0.4 is 5.32 Å². The molecule has 1 N–H and O–H groups in total. The van der Waals surface area contributed by atoms with Crippen molar-refractivity contribution in [1.82, 2.24) is 10.2 Å². The van der Waals surface area contributed by atoms with Crippen molar-refractivity contribution in [2.24, 2.45) is 17.3 Å². The number of rotatable bonds is 4. The molecule has 2 rings (SSSR count). The first-order valence-electron chi connectivity index (χ1n) is 8.93. The van der Waals surface area contributed by atoms with Crippen molar-refractivity contribution in [2.75, 3.05) is 26.7 Å². The SMILES string of the molecule is CCC1CCC(NC)C(CN2CCCC(C)(C)CC2)C1. The normalized spacial score (nSPS) is 35.7. The van der Waals surface area contributed by atoms with E-state index < -0.39 is 0 Å². The lowest BCUT2D eigenvalue weighted by Crippen LogP contribution is -2.45. The highest BCUT2D eigenvalue weighted by Crippen LogP contribution is 2.34. The molecule has 2 aliphatic rings. The van der Waals surface area contributed by atoms with Crippen LogP contribution in [0, 0.1) is 17.3 Å². The van der Waals surface area contributed by atoms with E-state index in [1.165, 1.54) is 64.6 Å². The Morgan fingerprint density at radius 2 is 1.95 bits per heavy atom. The van der Waals surface area contributed by atoms with Crippen molar-refractivity contribution in [3.63, 3.8) is 0 Å². The molecule has 1 aliphatic heterocycles. The van der Waals surface area contributed by atoms with Gasteiger partial charge in [0.1, 0.15) is 0 Å². The monoisotopic (exact) mass is 280 g/mol. The summed E-state index contributed by atoms with van der Waals surface area (Å²) in [6, 6.07) is 0.758. The summed E-state index contributed by atoms with van der Waals surface area (Å²) in [6.45, 7) is 11.2. The minimum absolute atomic E-state index is 0.565. The molecule has 0 amide bonds. The molecule has 20 heavy (non-hydrogen) atoms. The topological polar surface area (TPSA) is 15.3 Å². The highest BCUT2D eigenvalue weighted by atomic mass is 15.1. The fourth-order valence-corrected chi connectivity index (χ4v) is 4.31. The van der Waals surface area contributed by atoms with Gasteiger partial charge in [0.2, 0.25) is 0 Å². The van der Waals surface area contributed by atoms with Crippen LogP contribution in [0.25, 0.3) is 0 Å². The van der Waals surface area contributed by atoms with E-state index in [4.69, 9.17) is 0 Å². The van der Waals surface area contributed by atoms with E-state index >= 15 is 0 Å². The van der Waals surface area contributed by atoms with Crippen LogP contribution in [0.1, 0.15) is 65.7 Å². The second kappa shape index (κ2) is 7.26. The van der Waals surface area contributed by atoms with Gasteiger partial charge in [-0.2, -0.15) is 0 Å². The van der Waals surface area contributed by atoms with Gasteiger partial charge >= 0.3 is 0 Å². The van der Waals surface area contributed by atoms with Gasteiger partial charge in [-0.3, -0.25) is 0 Å². The zero-order valence-corrected chi connectivity index (χ0v) is 14.3. The molecule has 118 valence electrons. The molecule has 0 spiro atoms. The molecule has 2 heteroatoms. The standard InChI is InChI=1S/C18H36N2/c1-5-15-7-8-17(19-4)16(13-15)14-20-11-6-9-18(2,3)10-12-20/h15-17,19H,5-14H2,1-4H3. The first kappa shape index (κ1) is 16.3. The number of hydrogen-bond acceptors (Lipinski definition) is 2. The van der Waals surface area contributed by atoms with Gasteiger partial charge in [0.25, 0.3) is 0 Å². The van der Waals surface area contributed by atoms with Crippen LogP contribution in [-0.4, -0.2) is 37.6 Å². The number of nitrogens with one attached hydrogen (secondary N) is 1. The van der Waals surface area contributed by atoms with Crippen LogP contribution in [0.2, 0.25) is 0 Å². The van der Waals surface area contributed by atoms with Crippen molar-refractivity contribution >= 4 is 0 Å². The minimum atomic E-state index is 0.565. The van der Waals surface area contributed by atoms with Crippen molar-refractivity contribution in [3.8, 4) is 0 Å². The first-order valence-corrected chi connectivity index (χ1v) is 8.93. The molecule has 1 saturated carbocycles. The van der Waals surface area contributed by atoms with Crippen molar-refractivity contribution < 1.29 is 0 Å². The molecule has 3 unspecified atom stereocenters. The Morgan fingerprint density at radius 3 is 2.65 bits per heavy atom. The van der Waals surface area contributed by atoms with Crippen molar-refractivity contribution in [2.45, 2.75) is 71.8 Å². The van der Waals surface area contributed by atoms with Gasteiger partial charge in [-0.25, -0.2) is 0 Å². The Kier molecular flexibility index (Phi) is 5.92. The van der Waals surface area contributed by atoms with E-state index in [0.717, 1.165) is 17.9 Å². The van der Waals surface area contributed by atoms with Crippen LogP contribution in [0.4, 0.5) is 0 Å². The third kappa shape index (κ3) is 4.46. The Balaban J connectivity index is 1.89. The van der Waals surface area contributed by atoms with Crippen LogP contribution in [0.3, 0.4) is 0 Å². The average molecular weight is 280 g/mol. The van der Waals surface area contributed by atoms with Gasteiger partial charge in [-0.1, -0.05) is 27.2 Å². The second-order valence-corrected chi connectivity index (χ2v) is 8.06. The highest BCUT2D eigenvalue weighted by molar-refractivity contribution is 4.87. The molecule has 0 aromatic carbocycles. The molecular weight excluding hydrogens is 244 g/mol. The third-order valence-corrected chi connectivity index (χ3v) is 5.96. The summed E-state index contributed by atoms with van der Waals surface area (Å²) in [4.78, 5) is 2.77. The van der Waals surface area contributed by atoms with Crippen LogP contribution in [-0.2, 0) is 0 Å². The Morgan fingerprint density at radius 1 is 1.15 bits per heavy atom. The summed E-state index contributed by atoms with van der Waals surface area (Å²) in [5, 5.41) is 3.59. The maximum atomic E-state index is 3.59. The number of likely N-dealkylation sites (tertiary alicyclic amines) is 1. The molecule has 0 radical (unpaired) electrons. The fourth-order valence-electron chi connectivity index (χ4n) is 4.31. The summed E-state index contributed by atoms with van der Waals surface area (Å²) in [7, 11) is 2.16. The Hall–Kier alpha value is -0.0800. The predicted molar refractivity (Wildman–Crippen MR) is 88.0 cm³/mol. The smallest absolute Gasteiger partial charge is 0.0105 e. The zero-order valence-electron chi connectivity index (χ0n) is 14.3. The van der Waals surface area contributed by atoms with Gasteiger partial charge in [0, 0.05) is 12.6 Å². The van der Waals surface area contributed by atoms with Crippen LogP contribution in [0.15, 0.2) is 0 Å². The molecular formula is C18H36N2.